The number of benzene rings is 1. The van der Waals surface area contributed by atoms with E-state index in [-0.39, 0.29) is 0 Å². The van der Waals surface area contributed by atoms with Crippen LogP contribution in [0.4, 0.5) is 0 Å². The summed E-state index contributed by atoms with van der Waals surface area (Å²) in [6, 6.07) is 3.88. The summed E-state index contributed by atoms with van der Waals surface area (Å²) in [4.78, 5) is 0.465. The molecule has 0 saturated carbocycles. The van der Waals surface area contributed by atoms with Crippen LogP contribution in [0.3, 0.4) is 0 Å². The van der Waals surface area contributed by atoms with Gasteiger partial charge in [-0.15, -0.1) is 0 Å². The minimum Gasteiger partial charge on any atom is -0.316 e. The molecule has 1 unspecified atom stereocenters. The molecule has 0 aromatic heterocycles. The first kappa shape index (κ1) is 16.8. The molecule has 4 nitrogen and oxygen atoms in total. The van der Waals surface area contributed by atoms with Gasteiger partial charge in [-0.3, -0.25) is 0 Å². The highest BCUT2D eigenvalue weighted by molar-refractivity contribution is 8.00. The summed E-state index contributed by atoms with van der Waals surface area (Å²) in [6.07, 6.45) is 0. The lowest BCUT2D eigenvalue weighted by molar-refractivity contribution is 0.423. The maximum atomic E-state index is 13.0. The predicted molar refractivity (Wildman–Crippen MR) is 89.4 cm³/mol. The highest BCUT2D eigenvalue weighted by Crippen LogP contribution is 2.28. The van der Waals surface area contributed by atoms with Crippen molar-refractivity contribution in [2.75, 3.05) is 25.9 Å². The van der Waals surface area contributed by atoms with Crippen LogP contribution in [0.1, 0.15) is 23.6 Å². The number of sulfonamides is 1. The molecule has 2 rings (SSSR count). The van der Waals surface area contributed by atoms with E-state index in [0.29, 0.717) is 29.8 Å². The lowest BCUT2D eigenvalue weighted by Gasteiger charge is -2.30. The molecule has 1 aliphatic heterocycles. The molecule has 1 atom stereocenters. The first-order valence-electron chi connectivity index (χ1n) is 7.22. The fourth-order valence-electron chi connectivity index (χ4n) is 2.62. The number of nitrogens with one attached hydrogen (secondary N) is 1. The quantitative estimate of drug-likeness (QED) is 0.920. The van der Waals surface area contributed by atoms with Crippen molar-refractivity contribution < 1.29 is 8.42 Å². The van der Waals surface area contributed by atoms with Crippen molar-refractivity contribution in [1.29, 1.82) is 0 Å². The minimum atomic E-state index is -3.40. The third-order valence-corrected chi connectivity index (χ3v) is 7.01. The van der Waals surface area contributed by atoms with Crippen LogP contribution < -0.4 is 5.32 Å². The Morgan fingerprint density at radius 1 is 1.38 bits per heavy atom. The van der Waals surface area contributed by atoms with Crippen molar-refractivity contribution in [3.8, 4) is 0 Å². The highest BCUT2D eigenvalue weighted by Gasteiger charge is 2.30. The predicted octanol–water partition coefficient (Wildman–Crippen LogP) is 2.15. The maximum absolute atomic E-state index is 13.0. The molecule has 1 aromatic rings. The van der Waals surface area contributed by atoms with Crippen molar-refractivity contribution >= 4 is 21.8 Å². The van der Waals surface area contributed by atoms with Gasteiger partial charge in [-0.1, -0.05) is 13.0 Å². The zero-order valence-corrected chi connectivity index (χ0v) is 14.8. The van der Waals surface area contributed by atoms with Gasteiger partial charge in [0.2, 0.25) is 10.0 Å². The Morgan fingerprint density at radius 3 is 2.71 bits per heavy atom. The summed E-state index contributed by atoms with van der Waals surface area (Å²) in [7, 11) is -1.53. The molecule has 1 heterocycles. The third kappa shape index (κ3) is 3.62. The van der Waals surface area contributed by atoms with Gasteiger partial charge in [-0.05, 0) is 43.7 Å². The largest absolute Gasteiger partial charge is 0.316 e. The Kier molecular flexibility index (Phi) is 5.35. The van der Waals surface area contributed by atoms with Gasteiger partial charge in [-0.2, -0.15) is 16.1 Å². The molecule has 21 heavy (non-hydrogen) atoms. The molecule has 0 radical (unpaired) electrons. The summed E-state index contributed by atoms with van der Waals surface area (Å²) in [6.45, 7) is 7.83. The number of aryl methyl sites for hydroxylation is 1. The molecule has 0 amide bonds. The normalized spacial score (nSPS) is 20.7. The van der Waals surface area contributed by atoms with Crippen LogP contribution in [0.15, 0.2) is 17.0 Å². The molecule has 1 saturated heterocycles. The second kappa shape index (κ2) is 6.69. The van der Waals surface area contributed by atoms with Gasteiger partial charge in [-0.25, -0.2) is 8.42 Å². The van der Waals surface area contributed by atoms with Gasteiger partial charge in [0.1, 0.15) is 0 Å². The standard InChI is InChI=1S/C15H24N2O2S2/c1-11-7-14(9-16-4)8-15(13(11)3)21(18,19)17-5-6-20-12(2)10-17/h7-8,12,16H,5-6,9-10H2,1-4H3. The van der Waals surface area contributed by atoms with E-state index in [0.717, 1.165) is 22.4 Å². The molecular formula is C15H24N2O2S2. The van der Waals surface area contributed by atoms with Gasteiger partial charge < -0.3 is 5.32 Å². The van der Waals surface area contributed by atoms with Crippen LogP contribution in [0, 0.1) is 13.8 Å². The molecule has 6 heteroatoms. The summed E-state index contributed by atoms with van der Waals surface area (Å²) in [5.41, 5.74) is 2.90. The zero-order chi connectivity index (χ0) is 15.6. The van der Waals surface area contributed by atoms with Crippen molar-refractivity contribution in [2.45, 2.75) is 37.5 Å². The van der Waals surface area contributed by atoms with Gasteiger partial charge in [0.25, 0.3) is 0 Å². The molecule has 1 aromatic carbocycles. The summed E-state index contributed by atoms with van der Waals surface area (Å²) < 4.78 is 27.6. The van der Waals surface area contributed by atoms with Crippen molar-refractivity contribution in [2.24, 2.45) is 0 Å². The number of hydrogen-bond acceptors (Lipinski definition) is 4. The highest BCUT2D eigenvalue weighted by atomic mass is 32.2. The van der Waals surface area contributed by atoms with Gasteiger partial charge in [0.15, 0.2) is 0 Å². The monoisotopic (exact) mass is 328 g/mol. The van der Waals surface area contributed by atoms with Gasteiger partial charge >= 0.3 is 0 Å². The molecular weight excluding hydrogens is 304 g/mol. The number of rotatable bonds is 4. The van der Waals surface area contributed by atoms with Crippen molar-refractivity contribution in [3.63, 3.8) is 0 Å². The summed E-state index contributed by atoms with van der Waals surface area (Å²) in [5, 5.41) is 3.44. The first-order valence-corrected chi connectivity index (χ1v) is 9.71. The van der Waals surface area contributed by atoms with Crippen LogP contribution in [0.25, 0.3) is 0 Å². The maximum Gasteiger partial charge on any atom is 0.243 e. The fourth-order valence-corrected chi connectivity index (χ4v) is 5.72. The molecule has 1 aliphatic rings. The fraction of sp³-hybridized carbons (Fsp3) is 0.600. The van der Waals surface area contributed by atoms with E-state index in [1.54, 1.807) is 4.31 Å². The lowest BCUT2D eigenvalue weighted by Crippen LogP contribution is -2.41. The minimum absolute atomic E-state index is 0.357. The summed E-state index contributed by atoms with van der Waals surface area (Å²) >= 11 is 1.84. The molecule has 1 fully saturated rings. The first-order chi connectivity index (χ1) is 9.86. The Labute approximate surface area is 132 Å². The van der Waals surface area contributed by atoms with E-state index >= 15 is 0 Å². The Morgan fingerprint density at radius 2 is 2.10 bits per heavy atom. The van der Waals surface area contributed by atoms with E-state index in [1.807, 2.05) is 38.7 Å². The van der Waals surface area contributed by atoms with Crippen LogP contribution >= 0.6 is 11.8 Å². The van der Waals surface area contributed by atoms with E-state index in [9.17, 15) is 8.42 Å². The van der Waals surface area contributed by atoms with Gasteiger partial charge in [0.05, 0.1) is 4.90 Å². The zero-order valence-electron chi connectivity index (χ0n) is 13.1. The Hall–Kier alpha value is -0.560. The average molecular weight is 329 g/mol. The number of nitrogens with zero attached hydrogens (tertiary/aromatic N) is 1. The van der Waals surface area contributed by atoms with Crippen molar-refractivity contribution in [1.82, 2.24) is 9.62 Å². The average Bonchev–Trinajstić information content (AvgIpc) is 2.42. The topological polar surface area (TPSA) is 49.4 Å². The molecule has 0 bridgehead atoms. The van der Waals surface area contributed by atoms with Crippen LogP contribution in [-0.4, -0.2) is 43.9 Å². The second-order valence-electron chi connectivity index (χ2n) is 5.61. The van der Waals surface area contributed by atoms with E-state index < -0.39 is 10.0 Å². The third-order valence-electron chi connectivity index (χ3n) is 3.88. The molecule has 118 valence electrons. The SMILES string of the molecule is CNCc1cc(C)c(C)c(S(=O)(=O)N2CCSC(C)C2)c1. The van der Waals surface area contributed by atoms with E-state index in [1.165, 1.54) is 0 Å². The lowest BCUT2D eigenvalue weighted by atomic mass is 10.1. The van der Waals surface area contributed by atoms with Gasteiger partial charge in [0, 0.05) is 30.6 Å². The smallest absolute Gasteiger partial charge is 0.243 e. The Balaban J connectivity index is 2.43. The van der Waals surface area contributed by atoms with E-state index in [2.05, 4.69) is 18.3 Å². The second-order valence-corrected chi connectivity index (χ2v) is 9.06. The molecule has 0 aliphatic carbocycles. The Bertz CT molecular complexity index is 614. The van der Waals surface area contributed by atoms with Crippen molar-refractivity contribution in [3.05, 3.63) is 28.8 Å². The molecule has 0 spiro atoms. The summed E-state index contributed by atoms with van der Waals surface area (Å²) in [5.74, 6) is 0.870. The van der Waals surface area contributed by atoms with Crippen LogP contribution in [0.2, 0.25) is 0 Å². The van der Waals surface area contributed by atoms with E-state index in [4.69, 9.17) is 0 Å². The van der Waals surface area contributed by atoms with Crippen LogP contribution in [-0.2, 0) is 16.6 Å². The van der Waals surface area contributed by atoms with Crippen LogP contribution in [0.5, 0.6) is 0 Å². The number of hydrogen-bond donors (Lipinski definition) is 1. The number of thioether (sulfide) groups is 1. The molecule has 1 N–H and O–H groups in total.